The van der Waals surface area contributed by atoms with Crippen molar-refractivity contribution in [2.24, 2.45) is 0 Å². The third-order valence-electron chi connectivity index (χ3n) is 1.86. The summed E-state index contributed by atoms with van der Waals surface area (Å²) in [5, 5.41) is 17.5. The van der Waals surface area contributed by atoms with Crippen LogP contribution in [0.1, 0.15) is 39.5 Å². The summed E-state index contributed by atoms with van der Waals surface area (Å²) in [5.41, 5.74) is 0.400. The fourth-order valence-electron chi connectivity index (χ4n) is 0.990. The van der Waals surface area contributed by atoms with Gasteiger partial charge in [-0.1, -0.05) is 12.5 Å². The lowest BCUT2D eigenvalue weighted by Crippen LogP contribution is -1.98. The molecule has 3 heteroatoms. The average molecular weight is 186 g/mol. The maximum Gasteiger partial charge on any atom is 0.330 e. The van der Waals surface area contributed by atoms with Gasteiger partial charge in [-0.3, -0.25) is 0 Å². The Bertz CT molecular complexity index is 183. The van der Waals surface area contributed by atoms with Crippen molar-refractivity contribution < 1.29 is 15.0 Å². The van der Waals surface area contributed by atoms with Gasteiger partial charge in [0.2, 0.25) is 0 Å². The molecule has 0 heterocycles. The molecular formula is C10H18O3. The molecular weight excluding hydrogens is 168 g/mol. The van der Waals surface area contributed by atoms with E-state index >= 15 is 0 Å². The number of unbranched alkanes of at least 4 members (excludes halogenated alkanes) is 2. The minimum atomic E-state index is -0.851. The van der Waals surface area contributed by atoms with Crippen LogP contribution < -0.4 is 0 Å². The Morgan fingerprint density at radius 1 is 1.46 bits per heavy atom. The number of carbonyl (C=O) groups is 1. The first kappa shape index (κ1) is 12.2. The molecule has 1 unspecified atom stereocenters. The quantitative estimate of drug-likeness (QED) is 0.492. The number of hydrogen-bond acceptors (Lipinski definition) is 2. The van der Waals surface area contributed by atoms with Gasteiger partial charge in [-0.25, -0.2) is 4.79 Å². The molecule has 0 aromatic heterocycles. The molecule has 0 aromatic rings. The molecule has 0 saturated heterocycles. The van der Waals surface area contributed by atoms with E-state index in [0.29, 0.717) is 5.57 Å². The first-order chi connectivity index (χ1) is 6.04. The van der Waals surface area contributed by atoms with E-state index in [4.69, 9.17) is 10.2 Å². The summed E-state index contributed by atoms with van der Waals surface area (Å²) in [6.07, 6.45) is 4.94. The molecule has 0 aliphatic heterocycles. The van der Waals surface area contributed by atoms with E-state index in [-0.39, 0.29) is 6.10 Å². The molecule has 0 rings (SSSR count). The van der Waals surface area contributed by atoms with E-state index in [1.54, 1.807) is 19.9 Å². The maximum atomic E-state index is 10.4. The van der Waals surface area contributed by atoms with Gasteiger partial charge in [-0.15, -0.1) is 0 Å². The van der Waals surface area contributed by atoms with Gasteiger partial charge in [0.25, 0.3) is 0 Å². The van der Waals surface area contributed by atoms with Crippen molar-refractivity contribution in [3.63, 3.8) is 0 Å². The second kappa shape index (κ2) is 6.66. The van der Waals surface area contributed by atoms with E-state index in [9.17, 15) is 4.79 Å². The monoisotopic (exact) mass is 186 g/mol. The van der Waals surface area contributed by atoms with E-state index < -0.39 is 5.97 Å². The third-order valence-corrected chi connectivity index (χ3v) is 1.86. The van der Waals surface area contributed by atoms with Crippen molar-refractivity contribution in [2.75, 3.05) is 0 Å². The number of aliphatic hydroxyl groups is 1. The zero-order valence-corrected chi connectivity index (χ0v) is 8.29. The lowest BCUT2D eigenvalue weighted by atomic mass is 10.1. The Labute approximate surface area is 79.1 Å². The van der Waals surface area contributed by atoms with Crippen molar-refractivity contribution in [3.05, 3.63) is 11.6 Å². The van der Waals surface area contributed by atoms with Crippen molar-refractivity contribution in [1.82, 2.24) is 0 Å². The van der Waals surface area contributed by atoms with E-state index in [1.807, 2.05) is 0 Å². The fourth-order valence-corrected chi connectivity index (χ4v) is 0.990. The van der Waals surface area contributed by atoms with E-state index in [0.717, 1.165) is 25.7 Å². The molecule has 1 atom stereocenters. The molecule has 0 aliphatic rings. The number of rotatable bonds is 6. The SMILES string of the molecule is C/C(=C\CCCCC(C)O)C(=O)O. The van der Waals surface area contributed by atoms with Gasteiger partial charge >= 0.3 is 5.97 Å². The normalized spacial score (nSPS) is 14.2. The largest absolute Gasteiger partial charge is 0.478 e. The van der Waals surface area contributed by atoms with Crippen molar-refractivity contribution in [3.8, 4) is 0 Å². The lowest BCUT2D eigenvalue weighted by Gasteiger charge is -2.01. The summed E-state index contributed by atoms with van der Waals surface area (Å²) < 4.78 is 0. The molecule has 0 saturated carbocycles. The maximum absolute atomic E-state index is 10.4. The van der Waals surface area contributed by atoms with Gasteiger partial charge in [-0.2, -0.15) is 0 Å². The number of carboxylic acids is 1. The van der Waals surface area contributed by atoms with Crippen LogP contribution >= 0.6 is 0 Å². The first-order valence-electron chi connectivity index (χ1n) is 4.62. The molecule has 3 nitrogen and oxygen atoms in total. The Balaban J connectivity index is 3.45. The van der Waals surface area contributed by atoms with Gasteiger partial charge in [0.05, 0.1) is 6.10 Å². The number of allylic oxidation sites excluding steroid dienone is 1. The second-order valence-corrected chi connectivity index (χ2v) is 3.33. The molecule has 0 amide bonds. The van der Waals surface area contributed by atoms with Crippen LogP contribution in [0.4, 0.5) is 0 Å². The highest BCUT2D eigenvalue weighted by atomic mass is 16.4. The average Bonchev–Trinajstić information content (AvgIpc) is 2.02. The summed E-state index contributed by atoms with van der Waals surface area (Å²) in [4.78, 5) is 10.4. The highest BCUT2D eigenvalue weighted by Crippen LogP contribution is 2.05. The minimum absolute atomic E-state index is 0.246. The molecule has 0 aromatic carbocycles. The van der Waals surface area contributed by atoms with Crippen LogP contribution in [0.3, 0.4) is 0 Å². The van der Waals surface area contributed by atoms with Crippen LogP contribution in [0.25, 0.3) is 0 Å². The second-order valence-electron chi connectivity index (χ2n) is 3.33. The highest BCUT2D eigenvalue weighted by molar-refractivity contribution is 5.85. The van der Waals surface area contributed by atoms with Gasteiger partial charge in [-0.05, 0) is 33.1 Å². The van der Waals surface area contributed by atoms with Crippen molar-refractivity contribution in [1.29, 1.82) is 0 Å². The molecule has 76 valence electrons. The summed E-state index contributed by atoms with van der Waals surface area (Å²) in [6, 6.07) is 0. The number of aliphatic carboxylic acids is 1. The fraction of sp³-hybridized carbons (Fsp3) is 0.700. The highest BCUT2D eigenvalue weighted by Gasteiger charge is 1.98. The molecule has 2 N–H and O–H groups in total. The van der Waals surface area contributed by atoms with Gasteiger partial charge in [0.15, 0.2) is 0 Å². The van der Waals surface area contributed by atoms with Crippen LogP contribution in [-0.2, 0) is 4.79 Å². The zero-order chi connectivity index (χ0) is 10.3. The Hall–Kier alpha value is -0.830. The third kappa shape index (κ3) is 7.53. The van der Waals surface area contributed by atoms with Crippen LogP contribution in [0.15, 0.2) is 11.6 Å². The molecule has 13 heavy (non-hydrogen) atoms. The summed E-state index contributed by atoms with van der Waals surface area (Å²) in [6.45, 7) is 3.36. The van der Waals surface area contributed by atoms with Crippen LogP contribution in [-0.4, -0.2) is 22.3 Å². The predicted molar refractivity (Wildman–Crippen MR) is 51.5 cm³/mol. The summed E-state index contributed by atoms with van der Waals surface area (Å²) in [5.74, 6) is -0.851. The first-order valence-corrected chi connectivity index (χ1v) is 4.62. The molecule has 0 radical (unpaired) electrons. The van der Waals surface area contributed by atoms with Crippen molar-refractivity contribution >= 4 is 5.97 Å². The summed E-state index contributed by atoms with van der Waals surface area (Å²) >= 11 is 0. The van der Waals surface area contributed by atoms with Gasteiger partial charge in [0.1, 0.15) is 0 Å². The standard InChI is InChI=1S/C10H18O3/c1-8(10(12)13)6-4-3-5-7-9(2)11/h6,9,11H,3-5,7H2,1-2H3,(H,12,13)/b8-6+. The van der Waals surface area contributed by atoms with Crippen LogP contribution in [0.2, 0.25) is 0 Å². The van der Waals surface area contributed by atoms with E-state index in [2.05, 4.69) is 0 Å². The number of carboxylic acid groups (broad SMARTS) is 1. The minimum Gasteiger partial charge on any atom is -0.478 e. The smallest absolute Gasteiger partial charge is 0.330 e. The molecule has 0 fully saturated rings. The number of hydrogen-bond donors (Lipinski definition) is 2. The van der Waals surface area contributed by atoms with Gasteiger partial charge in [0, 0.05) is 5.57 Å². The Morgan fingerprint density at radius 3 is 2.54 bits per heavy atom. The Kier molecular flexibility index (Phi) is 6.24. The topological polar surface area (TPSA) is 57.5 Å². The number of aliphatic hydroxyl groups excluding tert-OH is 1. The molecule has 0 bridgehead atoms. The van der Waals surface area contributed by atoms with E-state index in [1.165, 1.54) is 0 Å². The van der Waals surface area contributed by atoms with Crippen LogP contribution in [0.5, 0.6) is 0 Å². The molecule has 0 spiro atoms. The van der Waals surface area contributed by atoms with Gasteiger partial charge < -0.3 is 10.2 Å². The molecule has 0 aliphatic carbocycles. The zero-order valence-electron chi connectivity index (χ0n) is 8.29. The lowest BCUT2D eigenvalue weighted by molar-refractivity contribution is -0.132. The predicted octanol–water partition coefficient (Wildman–Crippen LogP) is 1.96. The Morgan fingerprint density at radius 2 is 2.08 bits per heavy atom. The van der Waals surface area contributed by atoms with Crippen LogP contribution in [0, 0.1) is 0 Å². The summed E-state index contributed by atoms with van der Waals surface area (Å²) in [7, 11) is 0. The van der Waals surface area contributed by atoms with Crippen molar-refractivity contribution in [2.45, 2.75) is 45.6 Å².